The van der Waals surface area contributed by atoms with Crippen molar-refractivity contribution in [3.8, 4) is 0 Å². The number of rotatable bonds is 6. The van der Waals surface area contributed by atoms with Crippen molar-refractivity contribution < 1.29 is 23.0 Å². The van der Waals surface area contributed by atoms with E-state index in [1.165, 1.54) is 12.8 Å². The predicted molar refractivity (Wildman–Crippen MR) is 96.4 cm³/mol. The van der Waals surface area contributed by atoms with Gasteiger partial charge < -0.3 is 14.4 Å². The fourth-order valence-corrected chi connectivity index (χ4v) is 4.45. The first kappa shape index (κ1) is 18.8. The third kappa shape index (κ3) is 4.32. The number of carbonyl (C=O) groups is 1. The third-order valence-electron chi connectivity index (χ3n) is 6.27. The Hall–Kier alpha value is -1.53. The van der Waals surface area contributed by atoms with Gasteiger partial charge in [0.15, 0.2) is 0 Å². The summed E-state index contributed by atoms with van der Waals surface area (Å²) in [5.74, 6) is -0.527. The smallest absolute Gasteiger partial charge is 0.254 e. The number of piperidine rings is 1. The van der Waals surface area contributed by atoms with Crippen molar-refractivity contribution in [1.82, 2.24) is 4.90 Å². The number of nitrogens with zero attached hydrogens (tertiary/aromatic N) is 1. The van der Waals surface area contributed by atoms with Crippen molar-refractivity contribution in [3.05, 3.63) is 35.4 Å². The molecule has 0 bridgehead atoms. The molecule has 1 aromatic carbocycles. The Kier molecular flexibility index (Phi) is 5.46. The minimum atomic E-state index is -0.725. The van der Waals surface area contributed by atoms with Crippen molar-refractivity contribution in [2.45, 2.75) is 44.1 Å². The number of ether oxygens (including phenoxy) is 2. The second-order valence-electron chi connectivity index (χ2n) is 8.16. The molecule has 2 saturated heterocycles. The van der Waals surface area contributed by atoms with Crippen LogP contribution in [0, 0.1) is 23.5 Å². The Bertz CT molecular complexity index is 664. The number of amides is 1. The molecule has 27 heavy (non-hydrogen) atoms. The number of halogens is 2. The van der Waals surface area contributed by atoms with Crippen LogP contribution in [0.15, 0.2) is 18.2 Å². The zero-order valence-corrected chi connectivity index (χ0v) is 15.6. The minimum Gasteiger partial charge on any atom is -0.381 e. The summed E-state index contributed by atoms with van der Waals surface area (Å²) in [6.07, 6.45) is 6.17. The van der Waals surface area contributed by atoms with E-state index in [0.29, 0.717) is 19.0 Å². The van der Waals surface area contributed by atoms with E-state index in [1.807, 2.05) is 0 Å². The molecule has 3 aliphatic rings. The third-order valence-corrected chi connectivity index (χ3v) is 6.27. The van der Waals surface area contributed by atoms with Crippen LogP contribution in [0.1, 0.15) is 48.9 Å². The van der Waals surface area contributed by atoms with Crippen LogP contribution in [-0.4, -0.2) is 49.3 Å². The van der Waals surface area contributed by atoms with Crippen molar-refractivity contribution in [2.24, 2.45) is 11.8 Å². The van der Waals surface area contributed by atoms with E-state index in [0.717, 1.165) is 69.6 Å². The maximum Gasteiger partial charge on any atom is 0.254 e. The average molecular weight is 379 g/mol. The van der Waals surface area contributed by atoms with Crippen molar-refractivity contribution in [2.75, 3.05) is 32.9 Å². The van der Waals surface area contributed by atoms with Crippen LogP contribution in [0.2, 0.25) is 0 Å². The fourth-order valence-electron chi connectivity index (χ4n) is 4.45. The maximum absolute atomic E-state index is 13.4. The second-order valence-corrected chi connectivity index (χ2v) is 8.16. The van der Waals surface area contributed by atoms with Crippen LogP contribution in [0.5, 0.6) is 0 Å². The molecular formula is C21H27F2NO3. The molecule has 4 nitrogen and oxygen atoms in total. The molecule has 0 aromatic heterocycles. The lowest BCUT2D eigenvalue weighted by Gasteiger charge is -2.42. The lowest BCUT2D eigenvalue weighted by Crippen LogP contribution is -2.49. The standard InChI is InChI=1S/C21H27F2NO3/c22-18-11-16(12-19(23)13-18)20(25)24-7-5-21(6-8-24)17(4-10-27-21)3-9-26-14-15-1-2-15/h11-13,15,17H,1-10,14H2. The Morgan fingerprint density at radius 2 is 1.85 bits per heavy atom. The number of benzene rings is 1. The normalized spacial score (nSPS) is 24.5. The van der Waals surface area contributed by atoms with Gasteiger partial charge in [-0.25, -0.2) is 8.78 Å². The Morgan fingerprint density at radius 1 is 1.15 bits per heavy atom. The molecule has 2 aliphatic heterocycles. The van der Waals surface area contributed by atoms with Crippen molar-refractivity contribution in [1.29, 1.82) is 0 Å². The highest BCUT2D eigenvalue weighted by Gasteiger charge is 2.46. The van der Waals surface area contributed by atoms with Gasteiger partial charge in [-0.2, -0.15) is 0 Å². The molecule has 1 aliphatic carbocycles. The summed E-state index contributed by atoms with van der Waals surface area (Å²) in [7, 11) is 0. The van der Waals surface area contributed by atoms with Gasteiger partial charge in [-0.05, 0) is 62.5 Å². The Morgan fingerprint density at radius 3 is 2.52 bits per heavy atom. The first-order chi connectivity index (χ1) is 13.1. The zero-order chi connectivity index (χ0) is 18.9. The summed E-state index contributed by atoms with van der Waals surface area (Å²) in [4.78, 5) is 14.3. The van der Waals surface area contributed by atoms with E-state index in [4.69, 9.17) is 9.47 Å². The van der Waals surface area contributed by atoms with E-state index in [9.17, 15) is 13.6 Å². The highest BCUT2D eigenvalue weighted by Crippen LogP contribution is 2.42. The fraction of sp³-hybridized carbons (Fsp3) is 0.667. The van der Waals surface area contributed by atoms with Crippen molar-refractivity contribution in [3.63, 3.8) is 0 Å². The van der Waals surface area contributed by atoms with Gasteiger partial charge in [0.25, 0.3) is 5.91 Å². The predicted octanol–water partition coefficient (Wildman–Crippen LogP) is 3.79. The van der Waals surface area contributed by atoms with E-state index in [-0.39, 0.29) is 17.1 Å². The van der Waals surface area contributed by atoms with Gasteiger partial charge in [-0.3, -0.25) is 4.79 Å². The SMILES string of the molecule is O=C(c1cc(F)cc(F)c1)N1CCC2(CC1)OCCC2CCOCC1CC1. The summed E-state index contributed by atoms with van der Waals surface area (Å²) in [6.45, 7) is 3.52. The molecule has 2 heterocycles. The first-order valence-electron chi connectivity index (χ1n) is 10.0. The highest BCUT2D eigenvalue weighted by atomic mass is 19.1. The molecule has 1 atom stereocenters. The molecule has 1 aromatic rings. The summed E-state index contributed by atoms with van der Waals surface area (Å²) >= 11 is 0. The van der Waals surface area contributed by atoms with E-state index < -0.39 is 11.6 Å². The molecular weight excluding hydrogens is 352 g/mol. The summed E-state index contributed by atoms with van der Waals surface area (Å²) in [5, 5.41) is 0. The molecule has 1 amide bonds. The zero-order valence-electron chi connectivity index (χ0n) is 15.6. The Labute approximate surface area is 158 Å². The lowest BCUT2D eigenvalue weighted by molar-refractivity contribution is -0.0672. The van der Waals surface area contributed by atoms with Crippen molar-refractivity contribution >= 4 is 5.91 Å². The monoisotopic (exact) mass is 379 g/mol. The summed E-state index contributed by atoms with van der Waals surface area (Å²) in [5.41, 5.74) is -0.104. The van der Waals surface area contributed by atoms with Crippen LogP contribution in [-0.2, 0) is 9.47 Å². The minimum absolute atomic E-state index is 0.0702. The lowest BCUT2D eigenvalue weighted by atomic mass is 9.78. The van der Waals surface area contributed by atoms with Crippen LogP contribution in [0.4, 0.5) is 8.78 Å². The van der Waals surface area contributed by atoms with Gasteiger partial charge in [0.05, 0.1) is 5.60 Å². The van der Waals surface area contributed by atoms with Gasteiger partial charge in [-0.1, -0.05) is 0 Å². The van der Waals surface area contributed by atoms with Crippen LogP contribution in [0.3, 0.4) is 0 Å². The molecule has 0 N–H and O–H groups in total. The number of carbonyl (C=O) groups excluding carboxylic acids is 1. The summed E-state index contributed by atoms with van der Waals surface area (Å²) in [6, 6.07) is 2.98. The van der Waals surface area contributed by atoms with Gasteiger partial charge in [0.2, 0.25) is 0 Å². The van der Waals surface area contributed by atoms with Crippen LogP contribution >= 0.6 is 0 Å². The topological polar surface area (TPSA) is 38.8 Å². The Balaban J connectivity index is 1.32. The molecule has 1 saturated carbocycles. The number of hydrogen-bond acceptors (Lipinski definition) is 3. The molecule has 1 unspecified atom stereocenters. The number of likely N-dealkylation sites (tertiary alicyclic amines) is 1. The maximum atomic E-state index is 13.4. The first-order valence-corrected chi connectivity index (χ1v) is 10.0. The largest absolute Gasteiger partial charge is 0.381 e. The van der Waals surface area contributed by atoms with Crippen LogP contribution in [0.25, 0.3) is 0 Å². The molecule has 1 spiro atoms. The van der Waals surface area contributed by atoms with Gasteiger partial charge in [0, 0.05) is 44.5 Å². The molecule has 3 fully saturated rings. The second kappa shape index (κ2) is 7.84. The average Bonchev–Trinajstić information content (AvgIpc) is 3.40. The summed E-state index contributed by atoms with van der Waals surface area (Å²) < 4.78 is 38.8. The molecule has 4 rings (SSSR count). The molecule has 148 valence electrons. The quantitative estimate of drug-likeness (QED) is 0.706. The molecule has 6 heteroatoms. The van der Waals surface area contributed by atoms with E-state index >= 15 is 0 Å². The van der Waals surface area contributed by atoms with Gasteiger partial charge in [0.1, 0.15) is 11.6 Å². The van der Waals surface area contributed by atoms with Crippen LogP contribution < -0.4 is 0 Å². The van der Waals surface area contributed by atoms with E-state index in [1.54, 1.807) is 4.90 Å². The highest BCUT2D eigenvalue weighted by molar-refractivity contribution is 5.94. The van der Waals surface area contributed by atoms with E-state index in [2.05, 4.69) is 0 Å². The van der Waals surface area contributed by atoms with Gasteiger partial charge >= 0.3 is 0 Å². The van der Waals surface area contributed by atoms with Gasteiger partial charge in [-0.15, -0.1) is 0 Å². The molecule has 0 radical (unpaired) electrons. The number of hydrogen-bond donors (Lipinski definition) is 0.